The van der Waals surface area contributed by atoms with E-state index in [1.165, 1.54) is 6.08 Å². The maximum atomic E-state index is 12.1. The highest BCUT2D eigenvalue weighted by Gasteiger charge is 2.12. The summed E-state index contributed by atoms with van der Waals surface area (Å²) in [5, 5.41) is 0. The fourth-order valence-corrected chi connectivity index (χ4v) is 2.35. The molecule has 0 bridgehead atoms. The van der Waals surface area contributed by atoms with Crippen LogP contribution in [0.1, 0.15) is 24.2 Å². The maximum absolute atomic E-state index is 12.1. The van der Waals surface area contributed by atoms with Gasteiger partial charge in [-0.15, -0.1) is 0 Å². The molecule has 0 amide bonds. The Morgan fingerprint density at radius 2 is 1.52 bits per heavy atom. The van der Waals surface area contributed by atoms with Crippen molar-refractivity contribution in [1.29, 1.82) is 0 Å². The Morgan fingerprint density at radius 3 is 2.12 bits per heavy atom. The van der Waals surface area contributed by atoms with Gasteiger partial charge in [0.2, 0.25) is 0 Å². The largest absolute Gasteiger partial charge is 0.496 e. The summed E-state index contributed by atoms with van der Waals surface area (Å²) >= 11 is 0. The fraction of sp³-hybridized carbons (Fsp3) is 0.250. The number of hydrogen-bond donors (Lipinski definition) is 0. The van der Waals surface area contributed by atoms with Crippen molar-refractivity contribution < 1.29 is 23.7 Å². The lowest BCUT2D eigenvalue weighted by Crippen LogP contribution is -2.05. The molecule has 5 nitrogen and oxygen atoms in total. The number of benzene rings is 2. The molecule has 0 aliphatic carbocycles. The average molecular weight is 342 g/mol. The van der Waals surface area contributed by atoms with Crippen LogP contribution in [0.4, 0.5) is 0 Å². The van der Waals surface area contributed by atoms with Crippen LogP contribution in [-0.4, -0.2) is 27.3 Å². The summed E-state index contributed by atoms with van der Waals surface area (Å²) in [6.45, 7) is 1.83. The van der Waals surface area contributed by atoms with E-state index < -0.39 is 5.97 Å². The molecule has 0 unspecified atom stereocenters. The molecule has 25 heavy (non-hydrogen) atoms. The van der Waals surface area contributed by atoms with E-state index in [-0.39, 0.29) is 6.10 Å². The predicted octanol–water partition coefficient (Wildman–Crippen LogP) is 4.03. The molecular weight excluding hydrogens is 320 g/mol. The van der Waals surface area contributed by atoms with Gasteiger partial charge in [-0.05, 0) is 24.6 Å². The Labute approximate surface area is 147 Å². The molecule has 2 aromatic rings. The van der Waals surface area contributed by atoms with Crippen LogP contribution in [0.15, 0.2) is 48.5 Å². The van der Waals surface area contributed by atoms with Gasteiger partial charge in [0.05, 0.1) is 21.3 Å². The smallest absolute Gasteiger partial charge is 0.331 e. The number of rotatable bonds is 7. The van der Waals surface area contributed by atoms with Crippen molar-refractivity contribution in [3.8, 4) is 17.2 Å². The summed E-state index contributed by atoms with van der Waals surface area (Å²) in [6.07, 6.45) is 2.66. The van der Waals surface area contributed by atoms with Crippen molar-refractivity contribution in [1.82, 2.24) is 0 Å². The van der Waals surface area contributed by atoms with Crippen LogP contribution >= 0.6 is 0 Å². The zero-order chi connectivity index (χ0) is 18.2. The maximum Gasteiger partial charge on any atom is 0.331 e. The zero-order valence-electron chi connectivity index (χ0n) is 14.8. The van der Waals surface area contributed by atoms with Crippen LogP contribution in [0.25, 0.3) is 6.08 Å². The molecule has 0 N–H and O–H groups in total. The number of esters is 1. The Hall–Kier alpha value is -2.95. The molecule has 2 rings (SSSR count). The van der Waals surface area contributed by atoms with E-state index in [0.29, 0.717) is 22.8 Å². The Bertz CT molecular complexity index is 737. The lowest BCUT2D eigenvalue weighted by molar-refractivity contribution is -0.142. The van der Waals surface area contributed by atoms with Crippen molar-refractivity contribution in [3.63, 3.8) is 0 Å². The molecule has 132 valence electrons. The quantitative estimate of drug-likeness (QED) is 0.562. The fourth-order valence-electron chi connectivity index (χ4n) is 2.35. The second kappa shape index (κ2) is 8.78. The normalized spacial score (nSPS) is 11.8. The van der Waals surface area contributed by atoms with Gasteiger partial charge >= 0.3 is 5.97 Å². The van der Waals surface area contributed by atoms with Crippen LogP contribution in [0, 0.1) is 0 Å². The first-order valence-corrected chi connectivity index (χ1v) is 7.82. The molecule has 0 fully saturated rings. The Balaban J connectivity index is 2.13. The molecule has 0 saturated carbocycles. The summed E-state index contributed by atoms with van der Waals surface area (Å²) in [5.41, 5.74) is 1.62. The highest BCUT2D eigenvalue weighted by Crippen LogP contribution is 2.35. The molecule has 1 atom stereocenters. The van der Waals surface area contributed by atoms with Gasteiger partial charge in [0.1, 0.15) is 11.9 Å². The standard InChI is InChI=1S/C20H22O5/c1-14(15-8-6-5-7-9-15)25-20(21)11-10-16-12-18(23-3)19(24-4)13-17(16)22-2/h5-14H,1-4H3/b11-10+/t14-/m1/s1. The lowest BCUT2D eigenvalue weighted by Gasteiger charge is -2.13. The molecule has 0 radical (unpaired) electrons. The Kier molecular flexibility index (Phi) is 6.46. The number of ether oxygens (including phenoxy) is 4. The summed E-state index contributed by atoms with van der Waals surface area (Å²) in [7, 11) is 4.65. The van der Waals surface area contributed by atoms with E-state index in [9.17, 15) is 4.79 Å². The van der Waals surface area contributed by atoms with Crippen molar-refractivity contribution in [2.24, 2.45) is 0 Å². The van der Waals surface area contributed by atoms with Crippen LogP contribution in [-0.2, 0) is 9.53 Å². The third-order valence-corrected chi connectivity index (χ3v) is 3.70. The minimum Gasteiger partial charge on any atom is -0.496 e. The second-order valence-electron chi connectivity index (χ2n) is 5.27. The predicted molar refractivity (Wildman–Crippen MR) is 96.1 cm³/mol. The summed E-state index contributed by atoms with van der Waals surface area (Å²) < 4.78 is 21.3. The van der Waals surface area contributed by atoms with E-state index in [1.54, 1.807) is 39.5 Å². The molecule has 0 spiro atoms. The van der Waals surface area contributed by atoms with Gasteiger partial charge in [0, 0.05) is 17.7 Å². The first-order valence-electron chi connectivity index (χ1n) is 7.82. The third kappa shape index (κ3) is 4.76. The zero-order valence-corrected chi connectivity index (χ0v) is 14.8. The first-order chi connectivity index (χ1) is 12.1. The molecule has 0 saturated heterocycles. The minimum atomic E-state index is -0.437. The molecule has 0 heterocycles. The number of hydrogen-bond acceptors (Lipinski definition) is 5. The molecule has 0 aliphatic heterocycles. The van der Waals surface area contributed by atoms with Gasteiger partial charge in [-0.3, -0.25) is 0 Å². The van der Waals surface area contributed by atoms with Gasteiger partial charge in [0.15, 0.2) is 11.5 Å². The van der Waals surface area contributed by atoms with Crippen LogP contribution in [0.5, 0.6) is 17.2 Å². The van der Waals surface area contributed by atoms with Crippen LogP contribution in [0.2, 0.25) is 0 Å². The van der Waals surface area contributed by atoms with Crippen molar-refractivity contribution in [2.45, 2.75) is 13.0 Å². The van der Waals surface area contributed by atoms with Crippen molar-refractivity contribution in [3.05, 3.63) is 59.7 Å². The lowest BCUT2D eigenvalue weighted by atomic mass is 10.1. The van der Waals surface area contributed by atoms with E-state index in [1.807, 2.05) is 37.3 Å². The van der Waals surface area contributed by atoms with Gasteiger partial charge in [-0.1, -0.05) is 30.3 Å². The number of carbonyl (C=O) groups is 1. The van der Waals surface area contributed by atoms with Gasteiger partial charge in [-0.25, -0.2) is 4.79 Å². The summed E-state index contributed by atoms with van der Waals surface area (Å²) in [4.78, 5) is 12.1. The van der Waals surface area contributed by atoms with Crippen molar-refractivity contribution in [2.75, 3.05) is 21.3 Å². The minimum absolute atomic E-state index is 0.328. The molecule has 5 heteroatoms. The highest BCUT2D eigenvalue weighted by molar-refractivity contribution is 5.88. The average Bonchev–Trinajstić information content (AvgIpc) is 2.66. The van der Waals surface area contributed by atoms with E-state index >= 15 is 0 Å². The molecule has 0 aromatic heterocycles. The topological polar surface area (TPSA) is 54.0 Å². The van der Waals surface area contributed by atoms with Crippen molar-refractivity contribution >= 4 is 12.0 Å². The highest BCUT2D eigenvalue weighted by atomic mass is 16.5. The van der Waals surface area contributed by atoms with E-state index in [4.69, 9.17) is 18.9 Å². The third-order valence-electron chi connectivity index (χ3n) is 3.70. The van der Waals surface area contributed by atoms with Crippen LogP contribution < -0.4 is 14.2 Å². The Morgan fingerprint density at radius 1 is 0.920 bits per heavy atom. The molecule has 0 aliphatic rings. The van der Waals surface area contributed by atoms with Gasteiger partial charge < -0.3 is 18.9 Å². The van der Waals surface area contributed by atoms with E-state index in [2.05, 4.69) is 0 Å². The van der Waals surface area contributed by atoms with Crippen LogP contribution in [0.3, 0.4) is 0 Å². The SMILES string of the molecule is COc1cc(OC)c(OC)cc1/C=C/C(=O)O[C@H](C)c1ccccc1. The summed E-state index contributed by atoms with van der Waals surface area (Å²) in [5.74, 6) is 1.23. The number of methoxy groups -OCH3 is 3. The second-order valence-corrected chi connectivity index (χ2v) is 5.27. The van der Waals surface area contributed by atoms with E-state index in [0.717, 1.165) is 5.56 Å². The summed E-state index contributed by atoms with van der Waals surface area (Å²) in [6, 6.07) is 13.0. The van der Waals surface area contributed by atoms with Gasteiger partial charge in [-0.2, -0.15) is 0 Å². The molecule has 2 aromatic carbocycles. The number of carbonyl (C=O) groups excluding carboxylic acids is 1. The first kappa shape index (κ1) is 18.4. The van der Waals surface area contributed by atoms with Gasteiger partial charge in [0.25, 0.3) is 0 Å². The monoisotopic (exact) mass is 342 g/mol. The molecular formula is C20H22O5.